The zero-order valence-electron chi connectivity index (χ0n) is 24.0. The number of nitrogens with zero attached hydrogens (tertiary/aromatic N) is 2. The number of furan rings is 1. The van der Waals surface area contributed by atoms with Crippen LogP contribution in [0, 0.1) is 0 Å². The average molecular weight is 553 g/mol. The van der Waals surface area contributed by atoms with E-state index in [4.69, 9.17) is 9.40 Å². The van der Waals surface area contributed by atoms with Gasteiger partial charge in [0, 0.05) is 39.1 Å². The van der Waals surface area contributed by atoms with Crippen LogP contribution in [0.25, 0.3) is 72.4 Å². The Kier molecular flexibility index (Phi) is 4.95. The van der Waals surface area contributed by atoms with Crippen molar-refractivity contribution in [2.24, 2.45) is 0 Å². The molecule has 9 rings (SSSR count). The maximum Gasteiger partial charge on any atom is 0.143 e. The number of imidazole rings is 1. The highest BCUT2D eigenvalue weighted by Gasteiger charge is 2.36. The molecular weight excluding hydrogens is 524 g/mol. The molecule has 8 aromatic rings. The van der Waals surface area contributed by atoms with Crippen LogP contribution >= 0.6 is 0 Å². The summed E-state index contributed by atoms with van der Waals surface area (Å²) >= 11 is 0. The standard InChI is InChI=1S/C40H28N2O/c1-40(2)33-19-7-6-16-29(33)31-24-35-32(23-34(31)40)30-18-11-17-28(39(30)43-35)26-14-10-15-27(22-26)38-37(25-12-4-3-5-13-25)41-36-20-8-9-21-42(36)38/h3-24H,1-2H3. The number of fused-ring (bicyclic) bond motifs is 7. The lowest BCUT2D eigenvalue weighted by Gasteiger charge is -2.21. The van der Waals surface area contributed by atoms with Gasteiger partial charge in [-0.25, -0.2) is 4.98 Å². The Morgan fingerprint density at radius 3 is 2.23 bits per heavy atom. The van der Waals surface area contributed by atoms with Crippen LogP contribution in [-0.4, -0.2) is 9.38 Å². The molecule has 0 fully saturated rings. The van der Waals surface area contributed by atoms with Gasteiger partial charge in [0.2, 0.25) is 0 Å². The number of aromatic nitrogens is 2. The van der Waals surface area contributed by atoms with E-state index in [1.54, 1.807) is 0 Å². The maximum atomic E-state index is 6.72. The molecule has 5 aromatic carbocycles. The third-order valence-electron chi connectivity index (χ3n) is 9.23. The zero-order chi connectivity index (χ0) is 28.7. The fraction of sp³-hybridized carbons (Fsp3) is 0.0750. The van der Waals surface area contributed by atoms with Crippen molar-refractivity contribution < 1.29 is 4.42 Å². The molecular formula is C40H28N2O. The Balaban J connectivity index is 1.24. The Morgan fingerprint density at radius 2 is 1.33 bits per heavy atom. The monoisotopic (exact) mass is 552 g/mol. The lowest BCUT2D eigenvalue weighted by molar-refractivity contribution is 0.658. The molecule has 3 nitrogen and oxygen atoms in total. The van der Waals surface area contributed by atoms with Crippen molar-refractivity contribution in [1.29, 1.82) is 0 Å². The quantitative estimate of drug-likeness (QED) is 0.218. The molecule has 204 valence electrons. The van der Waals surface area contributed by atoms with Gasteiger partial charge in [-0.1, -0.05) is 111 Å². The molecule has 0 unspecified atom stereocenters. The number of rotatable bonds is 3. The summed E-state index contributed by atoms with van der Waals surface area (Å²) in [7, 11) is 0. The van der Waals surface area contributed by atoms with Crippen molar-refractivity contribution in [3.8, 4) is 44.8 Å². The highest BCUT2D eigenvalue weighted by Crippen LogP contribution is 2.51. The normalized spacial score (nSPS) is 13.5. The van der Waals surface area contributed by atoms with Gasteiger partial charge in [0.05, 0.1) is 11.4 Å². The Hall–Kier alpha value is -5.41. The molecule has 0 N–H and O–H groups in total. The van der Waals surface area contributed by atoms with Crippen LogP contribution in [0.3, 0.4) is 0 Å². The first-order valence-corrected chi connectivity index (χ1v) is 14.8. The number of hydrogen-bond donors (Lipinski definition) is 0. The number of para-hydroxylation sites is 1. The smallest absolute Gasteiger partial charge is 0.143 e. The molecule has 0 bridgehead atoms. The van der Waals surface area contributed by atoms with Gasteiger partial charge in [-0.05, 0) is 58.1 Å². The summed E-state index contributed by atoms with van der Waals surface area (Å²) in [6.45, 7) is 4.65. The SMILES string of the molecule is CC1(C)c2ccccc2-c2cc3oc4c(-c5cccc(-c6c(-c7ccccc7)nc7ccccn67)c5)cccc4c3cc21. The molecule has 3 aromatic heterocycles. The van der Waals surface area contributed by atoms with Crippen molar-refractivity contribution in [3.05, 3.63) is 145 Å². The molecule has 1 aliphatic rings. The third kappa shape index (κ3) is 3.45. The predicted octanol–water partition coefficient (Wildman–Crippen LogP) is 10.5. The lowest BCUT2D eigenvalue weighted by atomic mass is 9.82. The Labute approximate surface area is 249 Å². The summed E-state index contributed by atoms with van der Waals surface area (Å²) in [4.78, 5) is 5.04. The zero-order valence-corrected chi connectivity index (χ0v) is 24.0. The second kappa shape index (κ2) is 8.80. The molecule has 3 heterocycles. The van der Waals surface area contributed by atoms with Crippen LogP contribution in [0.4, 0.5) is 0 Å². The highest BCUT2D eigenvalue weighted by atomic mass is 16.3. The second-order valence-electron chi connectivity index (χ2n) is 12.0. The van der Waals surface area contributed by atoms with E-state index in [0.717, 1.165) is 55.8 Å². The Bertz CT molecular complexity index is 2370. The van der Waals surface area contributed by atoms with Crippen molar-refractivity contribution in [1.82, 2.24) is 9.38 Å². The molecule has 0 atom stereocenters. The minimum atomic E-state index is -0.0554. The largest absolute Gasteiger partial charge is 0.455 e. The third-order valence-corrected chi connectivity index (χ3v) is 9.23. The van der Waals surface area contributed by atoms with Crippen molar-refractivity contribution in [2.45, 2.75) is 19.3 Å². The predicted molar refractivity (Wildman–Crippen MR) is 176 cm³/mol. The van der Waals surface area contributed by atoms with Crippen LogP contribution in [0.1, 0.15) is 25.0 Å². The summed E-state index contributed by atoms with van der Waals surface area (Å²) in [6.07, 6.45) is 2.09. The van der Waals surface area contributed by atoms with E-state index in [1.807, 2.05) is 12.1 Å². The fourth-order valence-electron chi connectivity index (χ4n) is 7.12. The van der Waals surface area contributed by atoms with E-state index in [9.17, 15) is 0 Å². The number of pyridine rings is 1. The number of hydrogen-bond acceptors (Lipinski definition) is 2. The van der Waals surface area contributed by atoms with Gasteiger partial charge >= 0.3 is 0 Å². The molecule has 1 aliphatic carbocycles. The minimum Gasteiger partial charge on any atom is -0.455 e. The van der Waals surface area contributed by atoms with Crippen LogP contribution in [-0.2, 0) is 5.41 Å². The van der Waals surface area contributed by atoms with E-state index in [-0.39, 0.29) is 5.41 Å². The van der Waals surface area contributed by atoms with Crippen molar-refractivity contribution in [3.63, 3.8) is 0 Å². The van der Waals surface area contributed by atoms with E-state index in [1.165, 1.54) is 27.6 Å². The first-order valence-electron chi connectivity index (χ1n) is 14.8. The summed E-state index contributed by atoms with van der Waals surface area (Å²) in [5.41, 5.74) is 14.5. The topological polar surface area (TPSA) is 30.4 Å². The first kappa shape index (κ1) is 24.2. The van der Waals surface area contributed by atoms with Crippen molar-refractivity contribution >= 4 is 27.6 Å². The van der Waals surface area contributed by atoms with E-state index in [2.05, 4.69) is 140 Å². The van der Waals surface area contributed by atoms with Crippen LogP contribution < -0.4 is 0 Å². The summed E-state index contributed by atoms with van der Waals surface area (Å²) in [5.74, 6) is 0. The molecule has 0 saturated heterocycles. The number of benzene rings is 5. The van der Waals surface area contributed by atoms with E-state index < -0.39 is 0 Å². The Morgan fingerprint density at radius 1 is 0.581 bits per heavy atom. The summed E-state index contributed by atoms with van der Waals surface area (Å²) in [5, 5.41) is 2.31. The maximum absolute atomic E-state index is 6.72. The fourth-order valence-corrected chi connectivity index (χ4v) is 7.12. The van der Waals surface area contributed by atoms with Crippen molar-refractivity contribution in [2.75, 3.05) is 0 Å². The van der Waals surface area contributed by atoms with Gasteiger partial charge in [-0.3, -0.25) is 4.40 Å². The lowest BCUT2D eigenvalue weighted by Crippen LogP contribution is -2.14. The van der Waals surface area contributed by atoms with Crippen LogP contribution in [0.5, 0.6) is 0 Å². The molecule has 0 saturated carbocycles. The summed E-state index contributed by atoms with van der Waals surface area (Å²) < 4.78 is 8.91. The van der Waals surface area contributed by atoms with E-state index >= 15 is 0 Å². The molecule has 0 radical (unpaired) electrons. The van der Waals surface area contributed by atoms with Gasteiger partial charge in [-0.15, -0.1) is 0 Å². The average Bonchev–Trinajstić information content (AvgIpc) is 3.69. The summed E-state index contributed by atoms with van der Waals surface area (Å²) in [6, 6.07) is 45.2. The van der Waals surface area contributed by atoms with Gasteiger partial charge in [0.1, 0.15) is 16.8 Å². The highest BCUT2D eigenvalue weighted by molar-refractivity contribution is 6.11. The molecule has 43 heavy (non-hydrogen) atoms. The molecule has 3 heteroatoms. The molecule has 0 spiro atoms. The van der Waals surface area contributed by atoms with Gasteiger partial charge in [0.25, 0.3) is 0 Å². The van der Waals surface area contributed by atoms with Gasteiger partial charge in [-0.2, -0.15) is 0 Å². The first-order chi connectivity index (χ1) is 21.1. The van der Waals surface area contributed by atoms with E-state index in [0.29, 0.717) is 0 Å². The van der Waals surface area contributed by atoms with Crippen LogP contribution in [0.15, 0.2) is 138 Å². The second-order valence-corrected chi connectivity index (χ2v) is 12.0. The molecule has 0 amide bonds. The molecule has 0 aliphatic heterocycles. The van der Waals surface area contributed by atoms with Gasteiger partial charge in [0.15, 0.2) is 0 Å². The minimum absolute atomic E-state index is 0.0554. The van der Waals surface area contributed by atoms with Crippen LogP contribution in [0.2, 0.25) is 0 Å². The van der Waals surface area contributed by atoms with Gasteiger partial charge < -0.3 is 4.42 Å².